The van der Waals surface area contributed by atoms with Crippen molar-refractivity contribution in [3.8, 4) is 0 Å². The summed E-state index contributed by atoms with van der Waals surface area (Å²) in [5, 5.41) is 9.11. The summed E-state index contributed by atoms with van der Waals surface area (Å²) in [4.78, 5) is 10.9. The first kappa shape index (κ1) is 16.4. The van der Waals surface area contributed by atoms with Crippen molar-refractivity contribution in [1.29, 1.82) is 0 Å². The van der Waals surface area contributed by atoms with Crippen molar-refractivity contribution in [1.82, 2.24) is 0 Å². The molecule has 0 radical (unpaired) electrons. The molecule has 0 amide bonds. The maximum atomic E-state index is 10.9. The van der Waals surface area contributed by atoms with Gasteiger partial charge in [0.15, 0.2) is 8.32 Å². The van der Waals surface area contributed by atoms with E-state index in [1.165, 1.54) is 0 Å². The first-order valence-corrected chi connectivity index (χ1v) is 9.04. The van der Waals surface area contributed by atoms with Crippen molar-refractivity contribution in [2.75, 3.05) is 0 Å². The molecule has 0 aliphatic rings. The number of carboxylic acids is 1. The van der Waals surface area contributed by atoms with Crippen LogP contribution in [0.1, 0.15) is 41.0 Å². The van der Waals surface area contributed by atoms with E-state index in [9.17, 15) is 4.79 Å². The molecular formula is C13H26O3Si. The van der Waals surface area contributed by atoms with Crippen LogP contribution in [0.3, 0.4) is 0 Å². The minimum atomic E-state index is -1.82. The molecule has 1 N–H and O–H groups in total. The summed E-state index contributed by atoms with van der Waals surface area (Å²) in [5.74, 6) is -0.849. The highest BCUT2D eigenvalue weighted by atomic mass is 28.4. The van der Waals surface area contributed by atoms with Crippen molar-refractivity contribution in [3.63, 3.8) is 0 Å². The van der Waals surface area contributed by atoms with Gasteiger partial charge in [0.05, 0.1) is 6.10 Å². The van der Waals surface area contributed by atoms with Crippen LogP contribution in [0.25, 0.3) is 0 Å². The van der Waals surface area contributed by atoms with Crippen LogP contribution in [0.4, 0.5) is 0 Å². The number of hydrogen-bond acceptors (Lipinski definition) is 2. The second kappa shape index (κ2) is 5.82. The van der Waals surface area contributed by atoms with Gasteiger partial charge in [-0.05, 0) is 37.6 Å². The minimum absolute atomic E-state index is 0.137. The normalized spacial score (nSPS) is 15.8. The molecule has 0 unspecified atom stereocenters. The van der Waals surface area contributed by atoms with Gasteiger partial charge in [-0.2, -0.15) is 0 Å². The third-order valence-corrected chi connectivity index (χ3v) is 7.95. The Labute approximate surface area is 106 Å². The second-order valence-electron chi connectivity index (χ2n) is 5.93. The molecule has 3 nitrogen and oxygen atoms in total. The highest BCUT2D eigenvalue weighted by molar-refractivity contribution is 6.74. The second-order valence-corrected chi connectivity index (χ2v) is 10.7. The monoisotopic (exact) mass is 258 g/mol. The standard InChI is InChI=1S/C13H26O3Si/c1-8-11(12(14)15)9-10(2)16-17(6,7)13(3,4)5/h9-10H,8H2,1-7H3,(H,14,15)/b11-9+/t10-/m0/s1. The summed E-state index contributed by atoms with van der Waals surface area (Å²) >= 11 is 0. The van der Waals surface area contributed by atoms with Crippen LogP contribution in [0, 0.1) is 0 Å². The molecule has 0 aliphatic carbocycles. The number of rotatable bonds is 5. The van der Waals surface area contributed by atoms with Gasteiger partial charge in [-0.1, -0.05) is 27.7 Å². The molecule has 0 saturated carbocycles. The summed E-state index contributed by atoms with van der Waals surface area (Å²) < 4.78 is 6.08. The molecule has 4 heteroatoms. The van der Waals surface area contributed by atoms with Gasteiger partial charge in [0, 0.05) is 5.57 Å². The van der Waals surface area contributed by atoms with Gasteiger partial charge in [-0.25, -0.2) is 4.79 Å². The Morgan fingerprint density at radius 3 is 2.18 bits per heavy atom. The lowest BCUT2D eigenvalue weighted by Crippen LogP contribution is -2.43. The van der Waals surface area contributed by atoms with Gasteiger partial charge in [0.1, 0.15) is 0 Å². The molecule has 0 rings (SSSR count). The summed E-state index contributed by atoms with van der Waals surface area (Å²) in [5.41, 5.74) is 0.427. The predicted octanol–water partition coefficient (Wildman–Crippen LogP) is 3.82. The molecule has 100 valence electrons. The predicted molar refractivity (Wildman–Crippen MR) is 73.8 cm³/mol. The largest absolute Gasteiger partial charge is 0.478 e. The van der Waals surface area contributed by atoms with Crippen molar-refractivity contribution in [2.24, 2.45) is 0 Å². The molecule has 0 aromatic carbocycles. The molecule has 0 fully saturated rings. The van der Waals surface area contributed by atoms with Crippen molar-refractivity contribution in [3.05, 3.63) is 11.6 Å². The zero-order chi connectivity index (χ0) is 13.9. The zero-order valence-electron chi connectivity index (χ0n) is 12.1. The summed E-state index contributed by atoms with van der Waals surface area (Å²) in [6.45, 7) is 14.6. The lowest BCUT2D eigenvalue weighted by atomic mass is 10.1. The van der Waals surface area contributed by atoms with E-state index in [0.29, 0.717) is 12.0 Å². The molecular weight excluding hydrogens is 232 g/mol. The van der Waals surface area contributed by atoms with Crippen LogP contribution in [0.2, 0.25) is 18.1 Å². The van der Waals surface area contributed by atoms with E-state index in [0.717, 1.165) is 0 Å². The first-order valence-electron chi connectivity index (χ1n) is 6.13. The number of carbonyl (C=O) groups is 1. The van der Waals surface area contributed by atoms with E-state index >= 15 is 0 Å². The van der Waals surface area contributed by atoms with Crippen LogP contribution in [-0.4, -0.2) is 25.5 Å². The molecule has 0 spiro atoms. The molecule has 0 saturated heterocycles. The Hall–Kier alpha value is -0.613. The van der Waals surface area contributed by atoms with E-state index in [1.54, 1.807) is 6.08 Å². The molecule has 17 heavy (non-hydrogen) atoms. The summed E-state index contributed by atoms with van der Waals surface area (Å²) in [7, 11) is -1.82. The topological polar surface area (TPSA) is 46.5 Å². The first-order chi connectivity index (χ1) is 7.51. The number of aliphatic carboxylic acids is 1. The van der Waals surface area contributed by atoms with Crippen LogP contribution >= 0.6 is 0 Å². The summed E-state index contributed by atoms with van der Waals surface area (Å²) in [6, 6.07) is 0. The highest BCUT2D eigenvalue weighted by Gasteiger charge is 2.38. The molecule has 0 heterocycles. The third kappa shape index (κ3) is 5.04. The fourth-order valence-electron chi connectivity index (χ4n) is 1.30. The molecule has 0 aliphatic heterocycles. The van der Waals surface area contributed by atoms with Crippen molar-refractivity contribution in [2.45, 2.75) is 65.3 Å². The maximum absolute atomic E-state index is 10.9. The number of hydrogen-bond donors (Lipinski definition) is 1. The van der Waals surface area contributed by atoms with Gasteiger partial charge in [-0.3, -0.25) is 0 Å². The fraction of sp³-hybridized carbons (Fsp3) is 0.769. The highest BCUT2D eigenvalue weighted by Crippen LogP contribution is 2.37. The third-order valence-electron chi connectivity index (χ3n) is 3.38. The lowest BCUT2D eigenvalue weighted by molar-refractivity contribution is -0.132. The van der Waals surface area contributed by atoms with Crippen LogP contribution in [0.5, 0.6) is 0 Å². The van der Waals surface area contributed by atoms with Gasteiger partial charge in [-0.15, -0.1) is 0 Å². The Morgan fingerprint density at radius 1 is 1.41 bits per heavy atom. The Morgan fingerprint density at radius 2 is 1.88 bits per heavy atom. The van der Waals surface area contributed by atoms with E-state index in [1.807, 2.05) is 13.8 Å². The van der Waals surface area contributed by atoms with Crippen molar-refractivity contribution >= 4 is 14.3 Å². The van der Waals surface area contributed by atoms with E-state index < -0.39 is 14.3 Å². The van der Waals surface area contributed by atoms with E-state index in [2.05, 4.69) is 33.9 Å². The van der Waals surface area contributed by atoms with Crippen LogP contribution in [0.15, 0.2) is 11.6 Å². The fourth-order valence-corrected chi connectivity index (χ4v) is 2.65. The van der Waals surface area contributed by atoms with Crippen LogP contribution in [-0.2, 0) is 9.22 Å². The van der Waals surface area contributed by atoms with Crippen LogP contribution < -0.4 is 0 Å². The van der Waals surface area contributed by atoms with E-state index in [4.69, 9.17) is 9.53 Å². The molecule has 1 atom stereocenters. The van der Waals surface area contributed by atoms with E-state index in [-0.39, 0.29) is 11.1 Å². The summed E-state index contributed by atoms with van der Waals surface area (Å²) in [6.07, 6.45) is 2.12. The van der Waals surface area contributed by atoms with Gasteiger partial charge < -0.3 is 9.53 Å². The number of carboxylic acid groups (broad SMARTS) is 1. The Balaban J connectivity index is 4.77. The molecule has 0 aromatic heterocycles. The average Bonchev–Trinajstić information content (AvgIpc) is 2.10. The molecule has 0 bridgehead atoms. The lowest BCUT2D eigenvalue weighted by Gasteiger charge is -2.38. The maximum Gasteiger partial charge on any atom is 0.331 e. The Kier molecular flexibility index (Phi) is 5.61. The van der Waals surface area contributed by atoms with Gasteiger partial charge in [0.25, 0.3) is 0 Å². The Bertz CT molecular complexity index is 300. The smallest absolute Gasteiger partial charge is 0.331 e. The quantitative estimate of drug-likeness (QED) is 0.602. The van der Waals surface area contributed by atoms with Gasteiger partial charge in [0.2, 0.25) is 0 Å². The SMILES string of the molecule is CC/C(=C\[C@H](C)O[Si](C)(C)C(C)(C)C)C(=O)O. The molecule has 0 aromatic rings. The van der Waals surface area contributed by atoms with Gasteiger partial charge >= 0.3 is 5.97 Å². The average molecular weight is 258 g/mol. The minimum Gasteiger partial charge on any atom is -0.478 e. The zero-order valence-corrected chi connectivity index (χ0v) is 13.1. The van der Waals surface area contributed by atoms with Crippen molar-refractivity contribution < 1.29 is 14.3 Å².